The van der Waals surface area contributed by atoms with Crippen LogP contribution in [0.3, 0.4) is 0 Å². The maximum atomic E-state index is 11.9. The molecule has 5 N–H and O–H groups in total. The molecule has 1 aliphatic carbocycles. The number of nitrogens with two attached hydrogens (primary N) is 1. The molecule has 2 saturated heterocycles. The summed E-state index contributed by atoms with van der Waals surface area (Å²) in [5.74, 6) is -0.732. The third-order valence-corrected chi connectivity index (χ3v) is 6.55. The Balaban J connectivity index is 0.00000156. The van der Waals surface area contributed by atoms with E-state index in [1.165, 1.54) is 25.7 Å². The number of hydrogen-bond donors (Lipinski definition) is 4. The Morgan fingerprint density at radius 1 is 1.08 bits per heavy atom. The van der Waals surface area contributed by atoms with Gasteiger partial charge in [0, 0.05) is 24.5 Å². The van der Waals surface area contributed by atoms with Crippen LogP contribution in [0.25, 0.3) is 0 Å². The monoisotopic (exact) mass is 396 g/mol. The molecule has 0 radical (unpaired) electrons. The van der Waals surface area contributed by atoms with Crippen molar-refractivity contribution in [2.24, 2.45) is 17.6 Å². The normalized spacial score (nSPS) is 37.2. The summed E-state index contributed by atoms with van der Waals surface area (Å²) in [7, 11) is -1.31. The molecular weight excluding hydrogens is 366 g/mol. The van der Waals surface area contributed by atoms with E-state index in [2.05, 4.69) is 4.90 Å². The molecule has 0 aromatic heterocycles. The molecule has 3 fully saturated rings. The average Bonchev–Trinajstić information content (AvgIpc) is 3.07. The molecule has 0 aromatic rings. The van der Waals surface area contributed by atoms with Crippen molar-refractivity contribution in [1.82, 2.24) is 4.90 Å². The highest BCUT2D eigenvalue weighted by molar-refractivity contribution is 6.40. The quantitative estimate of drug-likeness (QED) is 0.507. The number of carboxylic acid groups (broad SMARTS) is 1. The molecule has 25 heavy (non-hydrogen) atoms. The molecule has 0 aromatic carbocycles. The number of aliphatic carboxylic acids is 1. The van der Waals surface area contributed by atoms with Gasteiger partial charge in [-0.3, -0.25) is 9.69 Å². The Kier molecular flexibility index (Phi) is 8.50. The molecule has 2 bridgehead atoms. The minimum Gasteiger partial charge on any atom is -0.480 e. The lowest BCUT2D eigenvalue weighted by molar-refractivity contribution is -0.148. The number of halogens is 2. The molecule has 146 valence electrons. The summed E-state index contributed by atoms with van der Waals surface area (Å²) >= 11 is 0. The number of fused-ring (bicyclic) bond motifs is 2. The van der Waals surface area contributed by atoms with Crippen molar-refractivity contribution in [2.45, 2.75) is 75.3 Å². The lowest BCUT2D eigenvalue weighted by atomic mass is 9.66. The zero-order valence-electron chi connectivity index (χ0n) is 14.5. The Bertz CT molecular complexity index is 440. The van der Waals surface area contributed by atoms with Gasteiger partial charge >= 0.3 is 13.1 Å². The smallest absolute Gasteiger partial charge is 0.451 e. The van der Waals surface area contributed by atoms with Crippen LogP contribution in [0.5, 0.6) is 0 Å². The summed E-state index contributed by atoms with van der Waals surface area (Å²) in [6.45, 7) is 0.813. The fourth-order valence-electron chi connectivity index (χ4n) is 5.16. The average molecular weight is 397 g/mol. The predicted molar refractivity (Wildman–Crippen MR) is 102 cm³/mol. The van der Waals surface area contributed by atoms with E-state index in [0.717, 1.165) is 19.4 Å². The number of carbonyl (C=O) groups is 1. The number of hydrogen-bond acceptors (Lipinski definition) is 5. The lowest BCUT2D eigenvalue weighted by Crippen LogP contribution is -2.60. The summed E-state index contributed by atoms with van der Waals surface area (Å²) in [6.07, 6.45) is 8.13. The molecular formula is C16H31BCl2N2O4. The minimum atomic E-state index is -1.31. The molecule has 6 nitrogen and oxygen atoms in total. The van der Waals surface area contributed by atoms with Gasteiger partial charge in [-0.25, -0.2) is 0 Å². The summed E-state index contributed by atoms with van der Waals surface area (Å²) < 4.78 is 0. The van der Waals surface area contributed by atoms with Gasteiger partial charge in [-0.2, -0.15) is 0 Å². The van der Waals surface area contributed by atoms with Crippen LogP contribution in [0.4, 0.5) is 0 Å². The fraction of sp³-hybridized carbons (Fsp3) is 0.938. The van der Waals surface area contributed by atoms with Crippen molar-refractivity contribution in [3.8, 4) is 0 Å². The second kappa shape index (κ2) is 9.24. The Hall–Kier alpha value is -0.0451. The highest BCUT2D eigenvalue weighted by Gasteiger charge is 2.49. The Morgan fingerprint density at radius 3 is 2.12 bits per heavy atom. The van der Waals surface area contributed by atoms with Gasteiger partial charge < -0.3 is 20.9 Å². The molecule has 0 amide bonds. The molecule has 3 aliphatic rings. The van der Waals surface area contributed by atoms with Crippen molar-refractivity contribution >= 4 is 37.9 Å². The number of rotatable bonds is 6. The van der Waals surface area contributed by atoms with E-state index < -0.39 is 18.6 Å². The molecule has 3 rings (SSSR count). The van der Waals surface area contributed by atoms with Gasteiger partial charge in [0.2, 0.25) is 0 Å². The van der Waals surface area contributed by atoms with E-state index in [1.807, 2.05) is 0 Å². The zero-order valence-corrected chi connectivity index (χ0v) is 16.2. The predicted octanol–water partition coefficient (Wildman–Crippen LogP) is 1.52. The Morgan fingerprint density at radius 2 is 1.64 bits per heavy atom. The van der Waals surface area contributed by atoms with Crippen LogP contribution >= 0.6 is 24.8 Å². The van der Waals surface area contributed by atoms with Gasteiger partial charge in [-0.1, -0.05) is 6.42 Å². The van der Waals surface area contributed by atoms with Gasteiger partial charge in [0.15, 0.2) is 0 Å². The standard InChI is InChI=1S/C16H29BN2O4.2ClH/c18-16(15(20)21)9-11(7-8-17(22)23)1-2-12(16)10-19-13-3-4-14(19)6-5-13;;/h11-14,22-23H,1-10,18H2,(H,20,21);2*1H/t11-,12-,13?,14?,16+;;/m0../s1. The van der Waals surface area contributed by atoms with Crippen LogP contribution in [0.2, 0.25) is 6.32 Å². The summed E-state index contributed by atoms with van der Waals surface area (Å²) in [5.41, 5.74) is 5.21. The van der Waals surface area contributed by atoms with E-state index in [-0.39, 0.29) is 36.6 Å². The van der Waals surface area contributed by atoms with Crippen LogP contribution in [-0.4, -0.2) is 57.3 Å². The third kappa shape index (κ3) is 4.82. The van der Waals surface area contributed by atoms with Crippen LogP contribution in [0.15, 0.2) is 0 Å². The largest absolute Gasteiger partial charge is 0.480 e. The highest BCUT2D eigenvalue weighted by atomic mass is 35.5. The van der Waals surface area contributed by atoms with Crippen LogP contribution < -0.4 is 5.73 Å². The summed E-state index contributed by atoms with van der Waals surface area (Å²) in [6, 6.07) is 1.28. The lowest BCUT2D eigenvalue weighted by Gasteiger charge is -2.43. The van der Waals surface area contributed by atoms with Gasteiger partial charge in [0.25, 0.3) is 0 Å². The van der Waals surface area contributed by atoms with E-state index in [9.17, 15) is 9.90 Å². The van der Waals surface area contributed by atoms with Gasteiger partial charge in [-0.05, 0) is 57.2 Å². The van der Waals surface area contributed by atoms with E-state index >= 15 is 0 Å². The van der Waals surface area contributed by atoms with Crippen molar-refractivity contribution in [3.63, 3.8) is 0 Å². The fourth-order valence-corrected chi connectivity index (χ4v) is 5.16. The molecule has 9 heteroatoms. The molecule has 2 aliphatic heterocycles. The van der Waals surface area contributed by atoms with Gasteiger partial charge in [-0.15, -0.1) is 24.8 Å². The number of nitrogens with zero attached hydrogens (tertiary/aromatic N) is 1. The van der Waals surface area contributed by atoms with E-state index in [4.69, 9.17) is 15.8 Å². The molecule has 0 unspecified atom stereocenters. The molecule has 0 spiro atoms. The topological polar surface area (TPSA) is 107 Å². The first kappa shape index (κ1) is 23.0. The SMILES string of the molecule is Cl.Cl.N[C@]1(C(=O)O)C[C@H](CCB(O)O)CC[C@H]1CN1C2CCC1CC2. The van der Waals surface area contributed by atoms with Crippen LogP contribution in [0.1, 0.15) is 51.4 Å². The van der Waals surface area contributed by atoms with Crippen molar-refractivity contribution in [1.29, 1.82) is 0 Å². The Labute approximate surface area is 162 Å². The second-order valence-electron chi connectivity index (χ2n) is 7.91. The van der Waals surface area contributed by atoms with Gasteiger partial charge in [0.05, 0.1) is 0 Å². The molecule has 2 heterocycles. The van der Waals surface area contributed by atoms with Crippen molar-refractivity contribution in [2.75, 3.05) is 6.54 Å². The minimum absolute atomic E-state index is 0. The first-order valence-corrected chi connectivity index (χ1v) is 9.04. The summed E-state index contributed by atoms with van der Waals surface area (Å²) in [5, 5.41) is 27.8. The maximum absolute atomic E-state index is 11.9. The first-order chi connectivity index (χ1) is 10.9. The van der Waals surface area contributed by atoms with Gasteiger partial charge in [0.1, 0.15) is 5.54 Å². The third-order valence-electron chi connectivity index (χ3n) is 6.55. The second-order valence-corrected chi connectivity index (χ2v) is 7.91. The number of carboxylic acids is 1. The first-order valence-electron chi connectivity index (χ1n) is 9.04. The van der Waals surface area contributed by atoms with Crippen LogP contribution in [0, 0.1) is 11.8 Å². The maximum Gasteiger partial charge on any atom is 0.451 e. The highest BCUT2D eigenvalue weighted by Crippen LogP contribution is 2.43. The van der Waals surface area contributed by atoms with Crippen molar-refractivity contribution < 1.29 is 19.9 Å². The van der Waals surface area contributed by atoms with E-state index in [0.29, 0.717) is 31.2 Å². The zero-order chi connectivity index (χ0) is 16.6. The van der Waals surface area contributed by atoms with Crippen molar-refractivity contribution in [3.05, 3.63) is 0 Å². The molecule has 3 atom stereocenters. The van der Waals surface area contributed by atoms with E-state index in [1.54, 1.807) is 0 Å². The summed E-state index contributed by atoms with van der Waals surface area (Å²) in [4.78, 5) is 14.4. The van der Waals surface area contributed by atoms with Crippen LogP contribution in [-0.2, 0) is 4.79 Å². The molecule has 1 saturated carbocycles.